The lowest BCUT2D eigenvalue weighted by Crippen LogP contribution is -2.14. The maximum Gasteiger partial charge on any atom is 0.113 e. The van der Waals surface area contributed by atoms with Gasteiger partial charge in [0.1, 0.15) is 5.82 Å². The van der Waals surface area contributed by atoms with Gasteiger partial charge in [0.05, 0.1) is 11.0 Å². The molecule has 2 N–H and O–H groups in total. The predicted molar refractivity (Wildman–Crippen MR) is 67.9 cm³/mol. The number of nitrogens with two attached hydrogens (primary N) is 1. The molecule has 1 aromatic heterocycles. The van der Waals surface area contributed by atoms with E-state index in [1.54, 1.807) is 0 Å². The smallest absolute Gasteiger partial charge is 0.113 e. The molecule has 0 radical (unpaired) electrons. The summed E-state index contributed by atoms with van der Waals surface area (Å²) in [5.74, 6) is 1.31. The summed E-state index contributed by atoms with van der Waals surface area (Å²) in [7, 11) is 0. The Balaban J connectivity index is 2.65. The highest BCUT2D eigenvalue weighted by Crippen LogP contribution is 2.24. The van der Waals surface area contributed by atoms with Crippen LogP contribution in [0.2, 0.25) is 5.02 Å². The zero-order valence-corrected chi connectivity index (χ0v) is 10.3. The Labute approximate surface area is 100 Å². The van der Waals surface area contributed by atoms with Gasteiger partial charge in [-0.05, 0) is 25.1 Å². The largest absolute Gasteiger partial charge is 0.330 e. The van der Waals surface area contributed by atoms with Gasteiger partial charge in [-0.25, -0.2) is 4.98 Å². The zero-order chi connectivity index (χ0) is 11.7. The van der Waals surface area contributed by atoms with Crippen LogP contribution in [-0.4, -0.2) is 16.1 Å². The first-order valence-corrected chi connectivity index (χ1v) is 5.91. The lowest BCUT2D eigenvalue weighted by atomic mass is 10.2. The van der Waals surface area contributed by atoms with Gasteiger partial charge in [0.15, 0.2) is 0 Å². The SMILES string of the molecule is CCn1c(C(C)CN)nc2cc(Cl)ccc21. The molecule has 1 heterocycles. The molecule has 1 atom stereocenters. The van der Waals surface area contributed by atoms with Gasteiger partial charge in [-0.3, -0.25) is 0 Å². The fourth-order valence-corrected chi connectivity index (χ4v) is 2.10. The molecule has 3 nitrogen and oxygen atoms in total. The van der Waals surface area contributed by atoms with Gasteiger partial charge in [0, 0.05) is 24.0 Å². The van der Waals surface area contributed by atoms with Crippen LogP contribution in [0.15, 0.2) is 18.2 Å². The molecule has 1 unspecified atom stereocenters. The monoisotopic (exact) mass is 237 g/mol. The first-order chi connectivity index (χ1) is 7.67. The predicted octanol–water partition coefficient (Wildman–Crippen LogP) is 2.77. The molecule has 2 rings (SSSR count). The Morgan fingerprint density at radius 2 is 2.25 bits per heavy atom. The summed E-state index contributed by atoms with van der Waals surface area (Å²) in [6.07, 6.45) is 0. The number of hydrogen-bond donors (Lipinski definition) is 1. The van der Waals surface area contributed by atoms with Crippen molar-refractivity contribution < 1.29 is 0 Å². The summed E-state index contributed by atoms with van der Waals surface area (Å²) in [5.41, 5.74) is 7.78. The highest BCUT2D eigenvalue weighted by atomic mass is 35.5. The van der Waals surface area contributed by atoms with Gasteiger partial charge in [0.25, 0.3) is 0 Å². The molecule has 2 aromatic rings. The summed E-state index contributed by atoms with van der Waals surface area (Å²) < 4.78 is 2.20. The number of aromatic nitrogens is 2. The fraction of sp³-hybridized carbons (Fsp3) is 0.417. The Morgan fingerprint density at radius 1 is 1.50 bits per heavy atom. The number of rotatable bonds is 3. The van der Waals surface area contributed by atoms with Crippen LogP contribution < -0.4 is 5.73 Å². The van der Waals surface area contributed by atoms with Crippen LogP contribution in [0.4, 0.5) is 0 Å². The van der Waals surface area contributed by atoms with Crippen LogP contribution in [0.1, 0.15) is 25.6 Å². The molecule has 0 aliphatic carbocycles. The Kier molecular flexibility index (Phi) is 3.17. The van der Waals surface area contributed by atoms with E-state index in [0.29, 0.717) is 6.54 Å². The van der Waals surface area contributed by atoms with Gasteiger partial charge >= 0.3 is 0 Å². The second kappa shape index (κ2) is 4.44. The Bertz CT molecular complexity index is 504. The Morgan fingerprint density at radius 3 is 2.88 bits per heavy atom. The van der Waals surface area contributed by atoms with Gasteiger partial charge in [-0.2, -0.15) is 0 Å². The van der Waals surface area contributed by atoms with Crippen LogP contribution in [-0.2, 0) is 6.54 Å². The maximum absolute atomic E-state index is 5.96. The van der Waals surface area contributed by atoms with Crippen LogP contribution >= 0.6 is 11.6 Å². The van der Waals surface area contributed by atoms with Crippen LogP contribution in [0.25, 0.3) is 11.0 Å². The van der Waals surface area contributed by atoms with Gasteiger partial charge in [0.2, 0.25) is 0 Å². The van der Waals surface area contributed by atoms with E-state index in [9.17, 15) is 0 Å². The molecule has 0 aliphatic heterocycles. The van der Waals surface area contributed by atoms with Crippen molar-refractivity contribution in [3.8, 4) is 0 Å². The molecule has 0 bridgehead atoms. The number of halogens is 1. The van der Waals surface area contributed by atoms with Crippen LogP contribution in [0.5, 0.6) is 0 Å². The first-order valence-electron chi connectivity index (χ1n) is 5.53. The molecular weight excluding hydrogens is 222 g/mol. The van der Waals surface area contributed by atoms with Crippen molar-refractivity contribution in [1.82, 2.24) is 9.55 Å². The highest BCUT2D eigenvalue weighted by Gasteiger charge is 2.14. The first kappa shape index (κ1) is 11.4. The van der Waals surface area contributed by atoms with E-state index in [1.165, 1.54) is 0 Å². The fourth-order valence-electron chi connectivity index (χ4n) is 1.94. The van der Waals surface area contributed by atoms with E-state index in [0.717, 1.165) is 28.4 Å². The van der Waals surface area contributed by atoms with Gasteiger partial charge < -0.3 is 10.3 Å². The summed E-state index contributed by atoms with van der Waals surface area (Å²) in [6, 6.07) is 5.81. The lowest BCUT2D eigenvalue weighted by molar-refractivity contribution is 0.638. The average Bonchev–Trinajstić information content (AvgIpc) is 2.65. The molecule has 0 fully saturated rings. The van der Waals surface area contributed by atoms with E-state index in [4.69, 9.17) is 17.3 Å². The average molecular weight is 238 g/mol. The third-order valence-electron chi connectivity index (χ3n) is 2.85. The van der Waals surface area contributed by atoms with Gasteiger partial charge in [-0.1, -0.05) is 18.5 Å². The molecule has 1 aromatic carbocycles. The molecular formula is C12H16ClN3. The second-order valence-corrected chi connectivity index (χ2v) is 4.42. The highest BCUT2D eigenvalue weighted by molar-refractivity contribution is 6.31. The zero-order valence-electron chi connectivity index (χ0n) is 9.57. The van der Waals surface area contributed by atoms with E-state index >= 15 is 0 Å². The molecule has 0 amide bonds. The number of nitrogens with zero attached hydrogens (tertiary/aromatic N) is 2. The van der Waals surface area contributed by atoms with Crippen molar-refractivity contribution in [1.29, 1.82) is 0 Å². The van der Waals surface area contributed by atoms with Crippen LogP contribution in [0.3, 0.4) is 0 Å². The summed E-state index contributed by atoms with van der Waals surface area (Å²) in [5, 5.41) is 0.722. The molecule has 0 spiro atoms. The van der Waals surface area contributed by atoms with E-state index in [1.807, 2.05) is 18.2 Å². The van der Waals surface area contributed by atoms with Crippen molar-refractivity contribution in [3.05, 3.63) is 29.0 Å². The minimum Gasteiger partial charge on any atom is -0.330 e. The van der Waals surface area contributed by atoms with Crippen molar-refractivity contribution in [3.63, 3.8) is 0 Å². The summed E-state index contributed by atoms with van der Waals surface area (Å²) in [4.78, 5) is 4.61. The van der Waals surface area contributed by atoms with Crippen molar-refractivity contribution in [2.75, 3.05) is 6.54 Å². The normalized spacial score (nSPS) is 13.2. The van der Waals surface area contributed by atoms with Crippen molar-refractivity contribution in [2.45, 2.75) is 26.3 Å². The minimum atomic E-state index is 0.270. The number of hydrogen-bond acceptors (Lipinski definition) is 2. The lowest BCUT2D eigenvalue weighted by Gasteiger charge is -2.10. The third kappa shape index (κ3) is 1.81. The van der Waals surface area contributed by atoms with Crippen molar-refractivity contribution >= 4 is 22.6 Å². The van der Waals surface area contributed by atoms with E-state index in [2.05, 4.69) is 23.4 Å². The summed E-state index contributed by atoms with van der Waals surface area (Å²) >= 11 is 5.96. The summed E-state index contributed by atoms with van der Waals surface area (Å²) in [6.45, 7) is 5.71. The van der Waals surface area contributed by atoms with E-state index in [-0.39, 0.29) is 5.92 Å². The quantitative estimate of drug-likeness (QED) is 0.892. The number of imidazole rings is 1. The molecule has 86 valence electrons. The number of aryl methyl sites for hydroxylation is 1. The standard InChI is InChI=1S/C12H16ClN3/c1-3-16-11-5-4-9(13)6-10(11)15-12(16)8(2)7-14/h4-6,8H,3,7,14H2,1-2H3. The Hall–Kier alpha value is -1.06. The second-order valence-electron chi connectivity index (χ2n) is 3.98. The van der Waals surface area contributed by atoms with Crippen molar-refractivity contribution in [2.24, 2.45) is 5.73 Å². The maximum atomic E-state index is 5.96. The minimum absolute atomic E-state index is 0.270. The molecule has 0 aliphatic rings. The topological polar surface area (TPSA) is 43.8 Å². The molecule has 16 heavy (non-hydrogen) atoms. The number of benzene rings is 1. The van der Waals surface area contributed by atoms with E-state index < -0.39 is 0 Å². The van der Waals surface area contributed by atoms with Crippen LogP contribution in [0, 0.1) is 0 Å². The molecule has 0 saturated heterocycles. The third-order valence-corrected chi connectivity index (χ3v) is 3.09. The van der Waals surface area contributed by atoms with Gasteiger partial charge in [-0.15, -0.1) is 0 Å². The number of fused-ring (bicyclic) bond motifs is 1. The molecule has 4 heteroatoms. The molecule has 0 saturated carbocycles.